The van der Waals surface area contributed by atoms with Crippen LogP contribution in [0.3, 0.4) is 0 Å². The van der Waals surface area contributed by atoms with Crippen LogP contribution in [-0.4, -0.2) is 98.9 Å². The number of H-pyrrole nitrogens is 1. The van der Waals surface area contributed by atoms with Crippen molar-refractivity contribution in [2.75, 3.05) is 30.5 Å². The minimum atomic E-state index is -4.76. The van der Waals surface area contributed by atoms with Crippen molar-refractivity contribution in [1.29, 1.82) is 5.26 Å². The lowest BCUT2D eigenvalue weighted by atomic mass is 10.1. The molecule has 1 amide bonds. The number of hydrogen-bond acceptors (Lipinski definition) is 17. The fourth-order valence-electron chi connectivity index (χ4n) is 6.37. The van der Waals surface area contributed by atoms with E-state index in [4.69, 9.17) is 43.6 Å². The van der Waals surface area contributed by atoms with Gasteiger partial charge in [-0.25, -0.2) is 19.5 Å². The van der Waals surface area contributed by atoms with Gasteiger partial charge < -0.3 is 28.4 Å². The Balaban J connectivity index is 1.42. The summed E-state index contributed by atoms with van der Waals surface area (Å²) in [5, 5.41) is 15.0. The molecule has 3 aliphatic rings. The minimum absolute atomic E-state index is 0.0203. The van der Waals surface area contributed by atoms with Crippen molar-refractivity contribution >= 4 is 63.5 Å². The number of carbonyl (C=O) groups excluding carboxylic acids is 1. The van der Waals surface area contributed by atoms with Crippen molar-refractivity contribution in [2.24, 2.45) is 11.8 Å². The number of nitrogens with zero attached hydrogens (tertiary/aromatic N) is 6. The molecule has 2 saturated heterocycles. The van der Waals surface area contributed by atoms with Crippen molar-refractivity contribution < 1.29 is 46.0 Å². The molecule has 2 aliphatic heterocycles. The van der Waals surface area contributed by atoms with Gasteiger partial charge >= 0.3 is 14.5 Å². The maximum Gasteiger partial charge on any atom is 0.472 e. The zero-order valence-electron chi connectivity index (χ0n) is 32.7. The van der Waals surface area contributed by atoms with E-state index in [0.29, 0.717) is 18.7 Å². The van der Waals surface area contributed by atoms with Crippen LogP contribution in [0.15, 0.2) is 29.7 Å². The molecular weight excluding hydrogens is 821 g/mol. The monoisotopic (exact) mass is 869 g/mol. The number of imidazole rings is 1. The van der Waals surface area contributed by atoms with Gasteiger partial charge in [0.1, 0.15) is 30.5 Å². The largest absolute Gasteiger partial charge is 0.472 e. The van der Waals surface area contributed by atoms with Crippen molar-refractivity contribution in [1.82, 2.24) is 29.5 Å². The minimum Gasteiger partial charge on any atom is -0.408 e. The van der Waals surface area contributed by atoms with Gasteiger partial charge in [-0.3, -0.25) is 38.0 Å². The third-order valence-electron chi connectivity index (χ3n) is 10.4. The molecule has 312 valence electrons. The topological polar surface area (TPSA) is 256 Å². The average Bonchev–Trinajstić information content (AvgIpc) is 3.81. The molecule has 1 saturated carbocycles. The summed E-state index contributed by atoms with van der Waals surface area (Å²) in [4.78, 5) is 56.5. The van der Waals surface area contributed by atoms with Gasteiger partial charge in [-0.05, 0) is 48.8 Å². The van der Waals surface area contributed by atoms with E-state index in [-0.39, 0.29) is 53.7 Å². The molecule has 3 fully saturated rings. The number of ether oxygens (including phenoxy) is 1. The molecule has 0 spiro atoms. The summed E-state index contributed by atoms with van der Waals surface area (Å²) in [6.45, 7) is 9.01. The first-order valence-corrected chi connectivity index (χ1v) is 25.5. The first-order valence-electron chi connectivity index (χ1n) is 18.5. The van der Waals surface area contributed by atoms with Crippen LogP contribution in [0.1, 0.15) is 60.1 Å². The Kier molecular flexibility index (Phi) is 13.2. The second kappa shape index (κ2) is 17.3. The van der Waals surface area contributed by atoms with Gasteiger partial charge in [0.05, 0.1) is 44.7 Å². The number of nitriles is 1. The van der Waals surface area contributed by atoms with Gasteiger partial charge in [0.25, 0.3) is 5.56 Å². The van der Waals surface area contributed by atoms with Crippen LogP contribution < -0.4 is 16.2 Å². The summed E-state index contributed by atoms with van der Waals surface area (Å²) in [5.41, 5.74) is -0.672. The smallest absolute Gasteiger partial charge is 0.408 e. The number of carbonyl (C=O) groups is 1. The number of phosphoric acid groups is 1. The molecule has 0 radical (unpaired) electrons. The van der Waals surface area contributed by atoms with E-state index < -0.39 is 77.5 Å². The second-order valence-corrected chi connectivity index (χ2v) is 25.0. The predicted octanol–water partition coefficient (Wildman–Crippen LogP) is 4.75. The number of aromatic amines is 1. The molecule has 0 aromatic carbocycles. The van der Waals surface area contributed by atoms with Gasteiger partial charge in [0.15, 0.2) is 25.7 Å². The van der Waals surface area contributed by atoms with Crippen LogP contribution in [0, 0.1) is 23.2 Å². The third kappa shape index (κ3) is 10.2. The van der Waals surface area contributed by atoms with Crippen molar-refractivity contribution in [3.63, 3.8) is 0 Å². The first kappa shape index (κ1) is 43.5. The number of amides is 1. The van der Waals surface area contributed by atoms with Crippen LogP contribution in [-0.2, 0) is 52.9 Å². The normalized spacial score (nSPS) is 31.2. The van der Waals surface area contributed by atoms with Crippen LogP contribution in [0.25, 0.3) is 11.2 Å². The summed E-state index contributed by atoms with van der Waals surface area (Å²) >= 11 is 6.07. The Morgan fingerprint density at radius 3 is 2.67 bits per heavy atom. The third-order valence-corrected chi connectivity index (χ3v) is 18.2. The number of anilines is 2. The Bertz CT molecular complexity index is 2120. The lowest BCUT2D eigenvalue weighted by molar-refractivity contribution is -0.118. The van der Waals surface area contributed by atoms with Gasteiger partial charge in [0.2, 0.25) is 11.9 Å². The van der Waals surface area contributed by atoms with E-state index in [0.717, 1.165) is 0 Å². The SMILES string of the molecule is CC(C)C(=O)Nc1nc2c(ncn2[C@@H]2O[C@@H]3COP(=O)(O)O[C@H]4C[C@H](Nc5ccncn5)C[C@@H]4CO[P@](=S)(OCCC#N)O[C@@H]2[C@@H]3O[Si](C)(C)C(C)(C)C)c(=O)[nH]1. The molecule has 1 aliphatic carbocycles. The summed E-state index contributed by atoms with van der Waals surface area (Å²) in [6, 6.07) is 3.51. The maximum absolute atomic E-state index is 13.7. The summed E-state index contributed by atoms with van der Waals surface area (Å²) < 4.78 is 59.6. The molecule has 24 heteroatoms. The molecule has 3 aromatic rings. The standard InChI is InChI=1S/C33H49N9O11P2SSi/c1-19(2)29(43)40-32-39-28-25(30(44)41-32)37-18-42(28)31-27-26(53-57(6,7)33(3,4)5)23(50-31)16-48-54(45,46)51-22-14-21(38-24-9-11-35-17-36-24)13-20(22)15-49-55(56,52-27)47-12-8-10-34/h9,11,17-23,26-27,31H,8,12-16H2,1-7H3,(H,45,46)(H,35,36,38)(H2,39,40,41,43,44)/t20-,21-,22+,23-,26-,27-,31-,55-/m1/s1. The molecule has 1 unspecified atom stereocenters. The highest BCUT2D eigenvalue weighted by atomic mass is 32.5. The number of fused-ring (bicyclic) bond motifs is 4. The molecule has 5 heterocycles. The zero-order valence-corrected chi connectivity index (χ0v) is 36.3. The number of aromatic nitrogens is 6. The number of nitrogens with one attached hydrogen (secondary N) is 3. The lowest BCUT2D eigenvalue weighted by Gasteiger charge is -2.41. The van der Waals surface area contributed by atoms with Crippen LogP contribution in [0.5, 0.6) is 0 Å². The van der Waals surface area contributed by atoms with Crippen molar-refractivity contribution in [3.8, 4) is 6.07 Å². The highest BCUT2D eigenvalue weighted by Crippen LogP contribution is 2.58. The van der Waals surface area contributed by atoms with E-state index in [1.807, 2.05) is 39.9 Å². The molecular formula is C33H49N9O11P2SSi. The molecule has 9 atom stereocenters. The van der Waals surface area contributed by atoms with Crippen LogP contribution in [0.2, 0.25) is 18.1 Å². The van der Waals surface area contributed by atoms with Gasteiger partial charge in [0, 0.05) is 24.1 Å². The Labute approximate surface area is 335 Å². The highest BCUT2D eigenvalue weighted by Gasteiger charge is 2.55. The Morgan fingerprint density at radius 2 is 1.98 bits per heavy atom. The average molecular weight is 870 g/mol. The fourth-order valence-corrected chi connectivity index (χ4v) is 10.8. The van der Waals surface area contributed by atoms with Crippen LogP contribution in [0.4, 0.5) is 11.8 Å². The zero-order chi connectivity index (χ0) is 41.3. The number of hydrogen-bond donors (Lipinski definition) is 4. The second-order valence-electron chi connectivity index (χ2n) is 15.9. The Morgan fingerprint density at radius 1 is 1.21 bits per heavy atom. The molecule has 4 N–H and O–H groups in total. The highest BCUT2D eigenvalue weighted by molar-refractivity contribution is 8.07. The molecule has 6 rings (SSSR count). The fraction of sp³-hybridized carbons (Fsp3) is 0.667. The van der Waals surface area contributed by atoms with Crippen molar-refractivity contribution in [3.05, 3.63) is 35.3 Å². The van der Waals surface area contributed by atoms with Crippen molar-refractivity contribution in [2.45, 2.75) is 109 Å². The molecule has 3 aromatic heterocycles. The predicted molar refractivity (Wildman–Crippen MR) is 212 cm³/mol. The van der Waals surface area contributed by atoms with E-state index in [9.17, 15) is 24.3 Å². The quantitative estimate of drug-likeness (QED) is 0.122. The van der Waals surface area contributed by atoms with E-state index in [1.54, 1.807) is 26.1 Å². The Hall–Kier alpha value is -3.03. The van der Waals surface area contributed by atoms with Crippen LogP contribution >= 0.6 is 14.5 Å². The van der Waals surface area contributed by atoms with E-state index >= 15 is 0 Å². The summed E-state index contributed by atoms with van der Waals surface area (Å²) in [6.07, 6.45) is -0.304. The first-order chi connectivity index (χ1) is 26.8. The maximum atomic E-state index is 13.7. The lowest BCUT2D eigenvalue weighted by Crippen LogP contribution is -2.50. The molecule has 2 bridgehead atoms. The van der Waals surface area contributed by atoms with Gasteiger partial charge in [-0.2, -0.15) is 10.2 Å². The van der Waals surface area contributed by atoms with Gasteiger partial charge in [-0.15, -0.1) is 0 Å². The summed E-state index contributed by atoms with van der Waals surface area (Å²) in [5.74, 6) is -0.843. The van der Waals surface area contributed by atoms with Gasteiger partial charge in [-0.1, -0.05) is 34.6 Å². The number of phosphoric ester groups is 1. The molecule has 57 heavy (non-hydrogen) atoms. The summed E-state index contributed by atoms with van der Waals surface area (Å²) in [7, 11) is -7.46. The number of rotatable bonds is 10. The van der Waals surface area contributed by atoms with E-state index in [2.05, 4.69) is 35.6 Å². The molecule has 20 nitrogen and oxygen atoms in total. The van der Waals surface area contributed by atoms with E-state index in [1.165, 1.54) is 17.2 Å².